The van der Waals surface area contributed by atoms with Crippen molar-refractivity contribution in [3.63, 3.8) is 0 Å². The van der Waals surface area contributed by atoms with Crippen LogP contribution in [0.2, 0.25) is 5.02 Å². The minimum absolute atomic E-state index is 0.00119. The molecular weight excluding hydrogens is 408 g/mol. The molecule has 2 aromatic carbocycles. The maximum atomic E-state index is 13.2. The molecule has 3 rings (SSSR count). The number of carbonyl (C=O) groups excluding carboxylic acids is 1. The molecule has 1 saturated heterocycles. The van der Waals surface area contributed by atoms with Gasteiger partial charge in [-0.1, -0.05) is 36.6 Å². The third kappa shape index (κ3) is 4.49. The molecule has 1 heterocycles. The SMILES string of the molecule is Cc1cccc(N(C)C(=O)c2ccc(Cl)c(S(=O)(=O)N3CCCCCC3)c2)c1C. The molecule has 1 amide bonds. The predicted octanol–water partition coefficient (Wildman–Crippen LogP) is 4.80. The summed E-state index contributed by atoms with van der Waals surface area (Å²) >= 11 is 6.26. The lowest BCUT2D eigenvalue weighted by molar-refractivity contribution is 0.0992. The van der Waals surface area contributed by atoms with Gasteiger partial charge in [0.2, 0.25) is 10.0 Å². The molecule has 1 aliphatic heterocycles. The van der Waals surface area contributed by atoms with Gasteiger partial charge in [0.1, 0.15) is 4.90 Å². The van der Waals surface area contributed by atoms with E-state index in [0.717, 1.165) is 42.5 Å². The van der Waals surface area contributed by atoms with Crippen molar-refractivity contribution < 1.29 is 13.2 Å². The van der Waals surface area contributed by atoms with E-state index in [-0.39, 0.29) is 15.8 Å². The molecule has 0 bridgehead atoms. The van der Waals surface area contributed by atoms with Gasteiger partial charge in [0, 0.05) is 31.4 Å². The molecule has 0 atom stereocenters. The van der Waals surface area contributed by atoms with Crippen LogP contribution in [-0.2, 0) is 10.0 Å². The van der Waals surface area contributed by atoms with E-state index >= 15 is 0 Å². The number of carbonyl (C=O) groups is 1. The van der Waals surface area contributed by atoms with E-state index < -0.39 is 10.0 Å². The van der Waals surface area contributed by atoms with Gasteiger partial charge in [0.25, 0.3) is 5.91 Å². The summed E-state index contributed by atoms with van der Waals surface area (Å²) in [5.41, 5.74) is 3.19. The summed E-state index contributed by atoms with van der Waals surface area (Å²) in [5, 5.41) is 0.139. The van der Waals surface area contributed by atoms with Gasteiger partial charge >= 0.3 is 0 Å². The van der Waals surface area contributed by atoms with Crippen LogP contribution in [0, 0.1) is 13.8 Å². The summed E-state index contributed by atoms with van der Waals surface area (Å²) in [6.07, 6.45) is 3.73. The molecule has 1 fully saturated rings. The van der Waals surface area contributed by atoms with Crippen molar-refractivity contribution in [1.82, 2.24) is 4.31 Å². The van der Waals surface area contributed by atoms with Crippen molar-refractivity contribution in [3.05, 3.63) is 58.1 Å². The summed E-state index contributed by atoms with van der Waals surface area (Å²) in [4.78, 5) is 14.7. The van der Waals surface area contributed by atoms with Crippen molar-refractivity contribution in [2.75, 3.05) is 25.0 Å². The van der Waals surface area contributed by atoms with Crippen LogP contribution in [0.15, 0.2) is 41.3 Å². The second-order valence-electron chi connectivity index (χ2n) is 7.55. The second kappa shape index (κ2) is 8.86. The first-order valence-electron chi connectivity index (χ1n) is 9.87. The zero-order valence-electron chi connectivity index (χ0n) is 17.1. The summed E-state index contributed by atoms with van der Waals surface area (Å²) < 4.78 is 27.9. The molecule has 2 aromatic rings. The Morgan fingerprint density at radius 3 is 2.34 bits per heavy atom. The Morgan fingerprint density at radius 1 is 1.03 bits per heavy atom. The fourth-order valence-corrected chi connectivity index (χ4v) is 5.67. The average molecular weight is 435 g/mol. The number of benzene rings is 2. The number of sulfonamides is 1. The van der Waals surface area contributed by atoms with Gasteiger partial charge in [-0.25, -0.2) is 8.42 Å². The Labute approximate surface area is 178 Å². The van der Waals surface area contributed by atoms with E-state index in [2.05, 4.69) is 0 Å². The number of amides is 1. The molecule has 29 heavy (non-hydrogen) atoms. The van der Waals surface area contributed by atoms with E-state index in [1.807, 2.05) is 32.0 Å². The maximum absolute atomic E-state index is 13.2. The first-order chi connectivity index (χ1) is 13.7. The lowest BCUT2D eigenvalue weighted by atomic mass is 10.1. The van der Waals surface area contributed by atoms with Crippen LogP contribution in [0.4, 0.5) is 5.69 Å². The van der Waals surface area contributed by atoms with E-state index in [1.165, 1.54) is 16.4 Å². The molecule has 5 nitrogen and oxygen atoms in total. The minimum Gasteiger partial charge on any atom is -0.311 e. The summed E-state index contributed by atoms with van der Waals surface area (Å²) in [7, 11) is -2.05. The molecule has 0 aliphatic carbocycles. The van der Waals surface area contributed by atoms with Gasteiger partial charge in [0.05, 0.1) is 5.02 Å². The maximum Gasteiger partial charge on any atom is 0.258 e. The highest BCUT2D eigenvalue weighted by Crippen LogP contribution is 2.29. The Bertz CT molecular complexity index is 1010. The number of hydrogen-bond donors (Lipinski definition) is 0. The van der Waals surface area contributed by atoms with Gasteiger partial charge in [-0.05, 0) is 62.1 Å². The van der Waals surface area contributed by atoms with Crippen LogP contribution in [0.25, 0.3) is 0 Å². The monoisotopic (exact) mass is 434 g/mol. The fourth-order valence-electron chi connectivity index (χ4n) is 3.66. The lowest BCUT2D eigenvalue weighted by Gasteiger charge is -2.23. The van der Waals surface area contributed by atoms with Crippen molar-refractivity contribution in [3.8, 4) is 0 Å². The molecular formula is C22H27ClN2O3S. The number of halogens is 1. The Hall–Kier alpha value is -1.89. The molecule has 0 radical (unpaired) electrons. The van der Waals surface area contributed by atoms with Crippen LogP contribution in [0.3, 0.4) is 0 Å². The highest BCUT2D eigenvalue weighted by atomic mass is 35.5. The summed E-state index contributed by atoms with van der Waals surface area (Å²) in [5.74, 6) is -0.275. The third-order valence-corrected chi connectivity index (χ3v) is 7.98. The lowest BCUT2D eigenvalue weighted by Crippen LogP contribution is -2.32. The topological polar surface area (TPSA) is 57.7 Å². The zero-order chi connectivity index (χ0) is 21.2. The number of hydrogen-bond acceptors (Lipinski definition) is 3. The number of anilines is 1. The van der Waals surface area contributed by atoms with E-state index in [4.69, 9.17) is 11.6 Å². The normalized spacial score (nSPS) is 15.7. The summed E-state index contributed by atoms with van der Waals surface area (Å²) in [6, 6.07) is 10.3. The molecule has 156 valence electrons. The van der Waals surface area contributed by atoms with Gasteiger partial charge < -0.3 is 4.90 Å². The molecule has 0 saturated carbocycles. The third-order valence-electron chi connectivity index (χ3n) is 5.60. The second-order valence-corrected chi connectivity index (χ2v) is 9.86. The van der Waals surface area contributed by atoms with Gasteiger partial charge in [0.15, 0.2) is 0 Å². The zero-order valence-corrected chi connectivity index (χ0v) is 18.7. The molecule has 0 aromatic heterocycles. The highest BCUT2D eigenvalue weighted by Gasteiger charge is 2.28. The van der Waals surface area contributed by atoms with Crippen LogP contribution >= 0.6 is 11.6 Å². The van der Waals surface area contributed by atoms with Gasteiger partial charge in [-0.3, -0.25) is 4.79 Å². The highest BCUT2D eigenvalue weighted by molar-refractivity contribution is 7.89. The number of aryl methyl sites for hydroxylation is 1. The van der Waals surface area contributed by atoms with Crippen molar-refractivity contribution >= 4 is 33.2 Å². The first-order valence-corrected chi connectivity index (χ1v) is 11.7. The van der Waals surface area contributed by atoms with Crippen LogP contribution in [0.1, 0.15) is 47.2 Å². The van der Waals surface area contributed by atoms with E-state index in [9.17, 15) is 13.2 Å². The number of nitrogens with zero attached hydrogens (tertiary/aromatic N) is 2. The van der Waals surface area contributed by atoms with Crippen molar-refractivity contribution in [1.29, 1.82) is 0 Å². The van der Waals surface area contributed by atoms with E-state index in [0.29, 0.717) is 18.7 Å². The Morgan fingerprint density at radius 2 is 1.69 bits per heavy atom. The van der Waals surface area contributed by atoms with Crippen LogP contribution in [0.5, 0.6) is 0 Å². The fraction of sp³-hybridized carbons (Fsp3) is 0.409. The van der Waals surface area contributed by atoms with Gasteiger partial charge in [-0.15, -0.1) is 0 Å². The Balaban J connectivity index is 1.96. The largest absolute Gasteiger partial charge is 0.311 e. The van der Waals surface area contributed by atoms with Crippen molar-refractivity contribution in [2.45, 2.75) is 44.4 Å². The van der Waals surface area contributed by atoms with Crippen molar-refractivity contribution in [2.24, 2.45) is 0 Å². The van der Waals surface area contributed by atoms with E-state index in [1.54, 1.807) is 18.0 Å². The molecule has 7 heteroatoms. The molecule has 1 aliphatic rings. The molecule has 0 N–H and O–H groups in total. The smallest absolute Gasteiger partial charge is 0.258 e. The van der Waals surface area contributed by atoms with Crippen LogP contribution in [-0.4, -0.2) is 38.8 Å². The van der Waals surface area contributed by atoms with Gasteiger partial charge in [-0.2, -0.15) is 4.31 Å². The minimum atomic E-state index is -3.75. The number of rotatable bonds is 4. The van der Waals surface area contributed by atoms with Crippen LogP contribution < -0.4 is 4.90 Å². The summed E-state index contributed by atoms with van der Waals surface area (Å²) in [6.45, 7) is 4.93. The quantitative estimate of drug-likeness (QED) is 0.694. The predicted molar refractivity (Wildman–Crippen MR) is 117 cm³/mol. The standard InChI is InChI=1S/C22H27ClN2O3S/c1-16-9-8-10-20(17(16)2)24(3)22(26)18-11-12-19(23)21(15-18)29(27,28)25-13-6-4-5-7-14-25/h8-12,15H,4-7,13-14H2,1-3H3. The average Bonchev–Trinajstić information content (AvgIpc) is 2.99. The first kappa shape index (κ1) is 21.8. The molecule has 0 spiro atoms. The molecule has 0 unspecified atom stereocenters. The Kier molecular flexibility index (Phi) is 6.66.